The van der Waals surface area contributed by atoms with Crippen molar-refractivity contribution >= 4 is 34.9 Å². The number of pyridine rings is 1. The Morgan fingerprint density at radius 2 is 1.84 bits per heavy atom. The highest BCUT2D eigenvalue weighted by molar-refractivity contribution is 6.31. The molecule has 0 amide bonds. The van der Waals surface area contributed by atoms with E-state index in [9.17, 15) is 15.0 Å². The first-order chi connectivity index (χ1) is 15.1. The van der Waals surface area contributed by atoms with Crippen LogP contribution in [0.25, 0.3) is 0 Å². The van der Waals surface area contributed by atoms with Crippen LogP contribution in [-0.2, 0) is 10.2 Å². The number of hydrogen-bond donors (Lipinski definition) is 4. The minimum absolute atomic E-state index is 0.157. The van der Waals surface area contributed by atoms with Gasteiger partial charge in [-0.3, -0.25) is 10.1 Å². The zero-order valence-corrected chi connectivity index (χ0v) is 19.5. The van der Waals surface area contributed by atoms with Crippen LogP contribution in [0.1, 0.15) is 56.6 Å². The molecule has 1 aromatic heterocycles. The number of carboxylic acids is 1. The largest absolute Gasteiger partial charge is 0.480 e. The Morgan fingerprint density at radius 1 is 1.12 bits per heavy atom. The van der Waals surface area contributed by atoms with E-state index in [0.29, 0.717) is 10.2 Å². The molecule has 0 radical (unpaired) electrons. The molecule has 3 heterocycles. The van der Waals surface area contributed by atoms with Crippen LogP contribution in [0.4, 0.5) is 5.69 Å². The average molecular weight is 476 g/mol. The lowest BCUT2D eigenvalue weighted by molar-refractivity contribution is -0.139. The molecule has 8 heteroatoms. The van der Waals surface area contributed by atoms with E-state index in [0.717, 1.165) is 42.5 Å². The maximum atomic E-state index is 12.6. The molecule has 2 aliphatic heterocycles. The number of benzene rings is 1. The molecule has 1 aromatic carbocycles. The van der Waals surface area contributed by atoms with Crippen molar-refractivity contribution < 1.29 is 15.0 Å². The summed E-state index contributed by atoms with van der Waals surface area (Å²) in [5, 5.41) is 29.6. The summed E-state index contributed by atoms with van der Waals surface area (Å²) in [6.45, 7) is 4.49. The third kappa shape index (κ3) is 3.00. The lowest BCUT2D eigenvalue weighted by Gasteiger charge is -2.52. The monoisotopic (exact) mass is 475 g/mol. The van der Waals surface area contributed by atoms with Crippen molar-refractivity contribution in [2.45, 2.75) is 68.7 Å². The van der Waals surface area contributed by atoms with Crippen LogP contribution in [0.15, 0.2) is 36.5 Å². The molecule has 2 fully saturated rings. The summed E-state index contributed by atoms with van der Waals surface area (Å²) < 4.78 is 0. The number of rotatable bonds is 2. The molecule has 6 nitrogen and oxygen atoms in total. The van der Waals surface area contributed by atoms with Gasteiger partial charge in [0, 0.05) is 28.4 Å². The molecule has 1 saturated heterocycles. The van der Waals surface area contributed by atoms with Gasteiger partial charge in [0.25, 0.3) is 0 Å². The molecule has 1 saturated carbocycles. The van der Waals surface area contributed by atoms with Crippen LogP contribution >= 0.6 is 23.2 Å². The zero-order valence-electron chi connectivity index (χ0n) is 18.0. The van der Waals surface area contributed by atoms with Crippen molar-refractivity contribution in [1.29, 1.82) is 0 Å². The summed E-state index contributed by atoms with van der Waals surface area (Å²) in [6, 6.07) is 8.19. The lowest BCUT2D eigenvalue weighted by Crippen LogP contribution is -2.62. The summed E-state index contributed by atoms with van der Waals surface area (Å²) in [7, 11) is 0. The Balaban J connectivity index is 1.80. The van der Waals surface area contributed by atoms with Gasteiger partial charge in [-0.25, -0.2) is 4.98 Å². The minimum Gasteiger partial charge on any atom is -0.480 e. The van der Waals surface area contributed by atoms with Gasteiger partial charge in [-0.15, -0.1) is 0 Å². The number of aliphatic hydroxyl groups excluding tert-OH is 1. The lowest BCUT2D eigenvalue weighted by atomic mass is 9.53. The number of anilines is 1. The first-order valence-electron chi connectivity index (χ1n) is 11.0. The second kappa shape index (κ2) is 7.32. The number of aromatic nitrogens is 1. The summed E-state index contributed by atoms with van der Waals surface area (Å²) in [4.78, 5) is 16.7. The maximum absolute atomic E-state index is 12.6. The smallest absolute Gasteiger partial charge is 0.321 e. The van der Waals surface area contributed by atoms with E-state index in [1.165, 1.54) is 0 Å². The molecule has 2 spiro atoms. The first-order valence-corrected chi connectivity index (χ1v) is 11.7. The van der Waals surface area contributed by atoms with Crippen molar-refractivity contribution in [3.05, 3.63) is 57.8 Å². The number of carbonyl (C=O) groups is 1. The normalized spacial score (nSPS) is 32.1. The highest BCUT2D eigenvalue weighted by atomic mass is 35.5. The molecule has 170 valence electrons. The van der Waals surface area contributed by atoms with E-state index < -0.39 is 35.1 Å². The molecule has 4 N–H and O–H groups in total. The summed E-state index contributed by atoms with van der Waals surface area (Å²) in [5.74, 6) is -1.51. The zero-order chi connectivity index (χ0) is 22.9. The quantitative estimate of drug-likeness (QED) is 0.476. The van der Waals surface area contributed by atoms with Crippen LogP contribution in [0.5, 0.6) is 0 Å². The number of nitrogens with zero attached hydrogens (tertiary/aromatic N) is 1. The summed E-state index contributed by atoms with van der Waals surface area (Å²) in [6.07, 6.45) is 3.95. The molecule has 4 atom stereocenters. The Bertz CT molecular complexity index is 1080. The average Bonchev–Trinajstić information content (AvgIpc) is 3.18. The third-order valence-electron chi connectivity index (χ3n) is 8.03. The van der Waals surface area contributed by atoms with Crippen LogP contribution in [0.2, 0.25) is 10.2 Å². The fourth-order valence-corrected chi connectivity index (χ4v) is 6.86. The van der Waals surface area contributed by atoms with Crippen molar-refractivity contribution in [2.75, 3.05) is 5.32 Å². The molecule has 3 aliphatic rings. The summed E-state index contributed by atoms with van der Waals surface area (Å²) in [5.41, 5.74) is 1.00. The topological polar surface area (TPSA) is 94.5 Å². The minimum atomic E-state index is -0.994. The van der Waals surface area contributed by atoms with Crippen molar-refractivity contribution in [2.24, 2.45) is 5.41 Å². The van der Waals surface area contributed by atoms with Gasteiger partial charge in [0.05, 0.1) is 5.41 Å². The van der Waals surface area contributed by atoms with Crippen LogP contribution < -0.4 is 10.6 Å². The number of aliphatic carboxylic acids is 1. The van der Waals surface area contributed by atoms with Gasteiger partial charge in [0.1, 0.15) is 17.4 Å². The highest BCUT2D eigenvalue weighted by Gasteiger charge is 2.72. The molecular formula is C24H27Cl2N3O3. The molecular weight excluding hydrogens is 449 g/mol. The molecule has 2 aromatic rings. The second-order valence-electron chi connectivity index (χ2n) is 10.2. The Labute approximate surface area is 197 Å². The standard InChI is InChI=1S/C24H27Cl2N3O3/c1-22(2)6-8-23(9-7-22)24(15-4-3-14(25)12-16(15)28-21(24)32)18(19(29-23)20(30)31)13-5-10-27-17(26)11-13/h3-5,10-12,18-19,21,28-29,32H,6-9H2,1-2H3,(H,30,31)/t18-,19+,21?,24+/m0/s1. The van der Waals surface area contributed by atoms with E-state index in [1.54, 1.807) is 18.3 Å². The fraction of sp³-hybridized carbons (Fsp3) is 0.500. The molecule has 0 bridgehead atoms. The Kier molecular flexibility index (Phi) is 5.02. The van der Waals surface area contributed by atoms with Gasteiger partial charge in [-0.05, 0) is 66.5 Å². The Hall–Kier alpha value is -1.86. The van der Waals surface area contributed by atoms with Gasteiger partial charge in [-0.2, -0.15) is 0 Å². The highest BCUT2D eigenvalue weighted by Crippen LogP contribution is 2.64. The van der Waals surface area contributed by atoms with Gasteiger partial charge in [-0.1, -0.05) is 43.1 Å². The second-order valence-corrected chi connectivity index (χ2v) is 11.0. The van der Waals surface area contributed by atoms with E-state index in [1.807, 2.05) is 18.2 Å². The molecule has 5 rings (SSSR count). The number of halogens is 2. The number of fused-ring (bicyclic) bond motifs is 3. The predicted octanol–water partition coefficient (Wildman–Crippen LogP) is 4.55. The van der Waals surface area contributed by atoms with E-state index >= 15 is 0 Å². The number of carboxylic acid groups (broad SMARTS) is 1. The molecule has 32 heavy (non-hydrogen) atoms. The molecule has 1 unspecified atom stereocenters. The third-order valence-corrected chi connectivity index (χ3v) is 8.47. The number of aliphatic hydroxyl groups is 1. The van der Waals surface area contributed by atoms with Gasteiger partial charge >= 0.3 is 5.97 Å². The van der Waals surface area contributed by atoms with E-state index in [-0.39, 0.29) is 5.41 Å². The number of nitrogens with one attached hydrogen (secondary N) is 2. The first kappa shape index (κ1) is 22.0. The van der Waals surface area contributed by atoms with Crippen LogP contribution in [0.3, 0.4) is 0 Å². The predicted molar refractivity (Wildman–Crippen MR) is 124 cm³/mol. The maximum Gasteiger partial charge on any atom is 0.321 e. The molecule has 1 aliphatic carbocycles. The van der Waals surface area contributed by atoms with Crippen LogP contribution in [0, 0.1) is 5.41 Å². The number of hydrogen-bond acceptors (Lipinski definition) is 5. The van der Waals surface area contributed by atoms with Crippen LogP contribution in [-0.4, -0.2) is 39.0 Å². The van der Waals surface area contributed by atoms with E-state index in [2.05, 4.69) is 29.5 Å². The van der Waals surface area contributed by atoms with Gasteiger partial charge < -0.3 is 15.5 Å². The fourth-order valence-electron chi connectivity index (χ4n) is 6.51. The van der Waals surface area contributed by atoms with Gasteiger partial charge in [0.2, 0.25) is 0 Å². The van der Waals surface area contributed by atoms with E-state index in [4.69, 9.17) is 23.2 Å². The van der Waals surface area contributed by atoms with Crippen molar-refractivity contribution in [1.82, 2.24) is 10.3 Å². The van der Waals surface area contributed by atoms with Gasteiger partial charge in [0.15, 0.2) is 0 Å². The van der Waals surface area contributed by atoms with Crippen molar-refractivity contribution in [3.63, 3.8) is 0 Å². The SMILES string of the molecule is CC1(C)CCC2(CC1)N[C@@H](C(=O)O)[C@H](c1ccnc(Cl)c1)[C@@]21c2ccc(Cl)cc2NC1O. The summed E-state index contributed by atoms with van der Waals surface area (Å²) >= 11 is 12.5. The Morgan fingerprint density at radius 3 is 2.50 bits per heavy atom. The van der Waals surface area contributed by atoms with Crippen molar-refractivity contribution in [3.8, 4) is 0 Å².